The van der Waals surface area contributed by atoms with Gasteiger partial charge in [0.1, 0.15) is 5.75 Å². The maximum Gasteiger partial charge on any atom is 0.257 e. The number of carbonyl (C=O) groups excluding carboxylic acids is 1. The first kappa shape index (κ1) is 22.3. The van der Waals surface area contributed by atoms with Crippen molar-refractivity contribution in [3.8, 4) is 5.75 Å². The van der Waals surface area contributed by atoms with Crippen molar-refractivity contribution in [1.29, 1.82) is 0 Å². The van der Waals surface area contributed by atoms with Crippen LogP contribution in [0, 0.1) is 0 Å². The molecule has 0 spiro atoms. The van der Waals surface area contributed by atoms with Crippen LogP contribution in [0.25, 0.3) is 0 Å². The molecule has 0 saturated carbocycles. The zero-order valence-corrected chi connectivity index (χ0v) is 19.1. The molecule has 1 N–H and O–H groups in total. The molecule has 0 fully saturated rings. The van der Waals surface area contributed by atoms with Crippen LogP contribution < -0.4 is 10.1 Å². The molecular weight excluding hydrogens is 448 g/mol. The molecule has 32 heavy (non-hydrogen) atoms. The number of halogens is 1. The van der Waals surface area contributed by atoms with Crippen LogP contribution in [-0.2, 0) is 23.0 Å². The van der Waals surface area contributed by atoms with Crippen molar-refractivity contribution in [2.75, 3.05) is 18.5 Å². The summed E-state index contributed by atoms with van der Waals surface area (Å²) in [5.74, 6) is 0.0124. The predicted molar refractivity (Wildman–Crippen MR) is 125 cm³/mol. The van der Waals surface area contributed by atoms with Gasteiger partial charge in [0.05, 0.1) is 27.8 Å². The summed E-state index contributed by atoms with van der Waals surface area (Å²) in [5, 5.41) is 2.93. The number of hydrogen-bond donors (Lipinski definition) is 1. The number of rotatable bonds is 6. The SMILES string of the molecule is CCOc1ccccc1NC(=O)c1cc(S(=O)(=O)N2CCc3ccccc3C2)ccc1Cl. The van der Waals surface area contributed by atoms with E-state index in [2.05, 4.69) is 5.32 Å². The average Bonchev–Trinajstić information content (AvgIpc) is 2.80. The Labute approximate surface area is 192 Å². The first-order chi connectivity index (χ1) is 15.4. The Morgan fingerprint density at radius 2 is 1.78 bits per heavy atom. The molecule has 166 valence electrons. The summed E-state index contributed by atoms with van der Waals surface area (Å²) >= 11 is 6.26. The highest BCUT2D eigenvalue weighted by Gasteiger charge is 2.29. The van der Waals surface area contributed by atoms with E-state index in [-0.39, 0.29) is 15.5 Å². The molecule has 0 unspecified atom stereocenters. The molecule has 0 aliphatic carbocycles. The number of ether oxygens (including phenoxy) is 1. The van der Waals surface area contributed by atoms with Gasteiger partial charge in [-0.3, -0.25) is 4.79 Å². The van der Waals surface area contributed by atoms with E-state index in [1.165, 1.54) is 22.5 Å². The lowest BCUT2D eigenvalue weighted by Crippen LogP contribution is -2.36. The van der Waals surface area contributed by atoms with E-state index in [0.717, 1.165) is 11.1 Å². The van der Waals surface area contributed by atoms with Crippen molar-refractivity contribution >= 4 is 33.2 Å². The van der Waals surface area contributed by atoms with Crippen LogP contribution in [0.15, 0.2) is 71.6 Å². The largest absolute Gasteiger partial charge is 0.492 e. The summed E-state index contributed by atoms with van der Waals surface area (Å²) in [4.78, 5) is 13.0. The Morgan fingerprint density at radius 1 is 1.06 bits per heavy atom. The number of anilines is 1. The van der Waals surface area contributed by atoms with E-state index in [4.69, 9.17) is 16.3 Å². The van der Waals surface area contributed by atoms with Crippen molar-refractivity contribution in [2.45, 2.75) is 24.8 Å². The smallest absolute Gasteiger partial charge is 0.257 e. The second kappa shape index (κ2) is 9.32. The molecule has 1 amide bonds. The molecule has 3 aromatic carbocycles. The van der Waals surface area contributed by atoms with E-state index in [1.54, 1.807) is 24.3 Å². The molecule has 4 rings (SSSR count). The van der Waals surface area contributed by atoms with E-state index in [0.29, 0.717) is 37.6 Å². The molecule has 1 heterocycles. The molecule has 6 nitrogen and oxygen atoms in total. The van der Waals surface area contributed by atoms with Crippen LogP contribution in [0.1, 0.15) is 28.4 Å². The second-order valence-electron chi connectivity index (χ2n) is 7.38. The van der Waals surface area contributed by atoms with Crippen LogP contribution in [-0.4, -0.2) is 31.8 Å². The molecule has 1 aliphatic heterocycles. The third-order valence-corrected chi connectivity index (χ3v) is 7.52. The highest BCUT2D eigenvalue weighted by atomic mass is 35.5. The number of sulfonamides is 1. The van der Waals surface area contributed by atoms with Gasteiger partial charge in [-0.2, -0.15) is 4.31 Å². The summed E-state index contributed by atoms with van der Waals surface area (Å²) in [6.45, 7) is 2.97. The van der Waals surface area contributed by atoms with Crippen molar-refractivity contribution < 1.29 is 17.9 Å². The summed E-state index contributed by atoms with van der Waals surface area (Å²) in [7, 11) is -3.80. The zero-order chi connectivity index (χ0) is 22.7. The van der Waals surface area contributed by atoms with Crippen molar-refractivity contribution in [3.63, 3.8) is 0 Å². The molecule has 1 aliphatic rings. The third kappa shape index (κ3) is 4.50. The molecule has 0 saturated heterocycles. The average molecular weight is 471 g/mol. The standard InChI is InChI=1S/C24H23ClN2O4S/c1-2-31-23-10-6-5-9-22(23)26-24(28)20-15-19(11-12-21(20)25)32(29,30)27-14-13-17-7-3-4-8-18(17)16-27/h3-12,15H,2,13-14,16H2,1H3,(H,26,28). The predicted octanol–water partition coefficient (Wildman–Crippen LogP) is 4.74. The molecule has 3 aromatic rings. The van der Waals surface area contributed by atoms with Crippen LogP contribution in [0.4, 0.5) is 5.69 Å². The number of fused-ring (bicyclic) bond motifs is 1. The molecule has 0 radical (unpaired) electrons. The fourth-order valence-electron chi connectivity index (χ4n) is 3.70. The molecule has 0 aromatic heterocycles. The van der Waals surface area contributed by atoms with Gasteiger partial charge in [-0.1, -0.05) is 48.0 Å². The Bertz CT molecular complexity index is 1260. The lowest BCUT2D eigenvalue weighted by molar-refractivity contribution is 0.102. The first-order valence-electron chi connectivity index (χ1n) is 10.3. The van der Waals surface area contributed by atoms with Gasteiger partial charge in [0.25, 0.3) is 5.91 Å². The minimum absolute atomic E-state index is 0.0320. The number of benzene rings is 3. The van der Waals surface area contributed by atoms with Crippen molar-refractivity contribution in [2.24, 2.45) is 0 Å². The number of nitrogens with zero attached hydrogens (tertiary/aromatic N) is 1. The van der Waals surface area contributed by atoms with Gasteiger partial charge in [0.2, 0.25) is 10.0 Å². The van der Waals surface area contributed by atoms with Gasteiger partial charge in [0.15, 0.2) is 0 Å². The van der Waals surface area contributed by atoms with Gasteiger partial charge >= 0.3 is 0 Å². The van der Waals surface area contributed by atoms with Crippen LogP contribution in [0.2, 0.25) is 5.02 Å². The second-order valence-corrected chi connectivity index (χ2v) is 9.73. The molecule has 8 heteroatoms. The summed E-state index contributed by atoms with van der Waals surface area (Å²) in [6.07, 6.45) is 0.643. The third-order valence-electron chi connectivity index (χ3n) is 5.35. The van der Waals surface area contributed by atoms with Crippen molar-refractivity contribution in [3.05, 3.63) is 88.4 Å². The van der Waals surface area contributed by atoms with E-state index < -0.39 is 15.9 Å². The van der Waals surface area contributed by atoms with Crippen LogP contribution >= 0.6 is 11.6 Å². The Kier molecular flexibility index (Phi) is 6.50. The minimum Gasteiger partial charge on any atom is -0.492 e. The number of hydrogen-bond acceptors (Lipinski definition) is 4. The summed E-state index contributed by atoms with van der Waals surface area (Å²) in [5.41, 5.74) is 2.71. The number of nitrogens with one attached hydrogen (secondary N) is 1. The number of amides is 1. The Hall–Kier alpha value is -2.87. The van der Waals surface area contributed by atoms with Crippen LogP contribution in [0.3, 0.4) is 0 Å². The van der Waals surface area contributed by atoms with Gasteiger partial charge in [-0.25, -0.2) is 8.42 Å². The topological polar surface area (TPSA) is 75.7 Å². The number of para-hydroxylation sites is 2. The van der Waals surface area contributed by atoms with E-state index in [9.17, 15) is 13.2 Å². The van der Waals surface area contributed by atoms with Gasteiger partial charge in [0, 0.05) is 13.1 Å². The zero-order valence-electron chi connectivity index (χ0n) is 17.5. The minimum atomic E-state index is -3.80. The lowest BCUT2D eigenvalue weighted by Gasteiger charge is -2.28. The molecule has 0 bridgehead atoms. The number of carbonyl (C=O) groups is 1. The van der Waals surface area contributed by atoms with E-state index in [1.807, 2.05) is 31.2 Å². The Morgan fingerprint density at radius 3 is 2.56 bits per heavy atom. The summed E-state index contributed by atoms with van der Waals surface area (Å²) < 4.78 is 33.6. The molecular formula is C24H23ClN2O4S. The highest BCUT2D eigenvalue weighted by Crippen LogP contribution is 2.29. The highest BCUT2D eigenvalue weighted by molar-refractivity contribution is 7.89. The fraction of sp³-hybridized carbons (Fsp3) is 0.208. The quantitative estimate of drug-likeness (QED) is 0.564. The normalized spacial score (nSPS) is 13.9. The summed E-state index contributed by atoms with van der Waals surface area (Å²) in [6, 6.07) is 19.1. The van der Waals surface area contributed by atoms with E-state index >= 15 is 0 Å². The van der Waals surface area contributed by atoms with Gasteiger partial charge in [-0.05, 0) is 54.8 Å². The van der Waals surface area contributed by atoms with Gasteiger partial charge < -0.3 is 10.1 Å². The first-order valence-corrected chi connectivity index (χ1v) is 12.1. The maximum absolute atomic E-state index is 13.3. The maximum atomic E-state index is 13.3. The lowest BCUT2D eigenvalue weighted by atomic mass is 10.0. The van der Waals surface area contributed by atoms with Gasteiger partial charge in [-0.15, -0.1) is 0 Å². The molecule has 0 atom stereocenters. The fourth-order valence-corrected chi connectivity index (χ4v) is 5.35. The van der Waals surface area contributed by atoms with Crippen LogP contribution in [0.5, 0.6) is 5.75 Å². The van der Waals surface area contributed by atoms with Crippen molar-refractivity contribution in [1.82, 2.24) is 4.31 Å². The Balaban J connectivity index is 1.61. The monoisotopic (exact) mass is 470 g/mol.